The molecule has 2 N–H and O–H groups in total. The van der Waals surface area contributed by atoms with Gasteiger partial charge in [0.05, 0.1) is 0 Å². The molecule has 0 bridgehead atoms. The highest BCUT2D eigenvalue weighted by Gasteiger charge is 1.99. The molecule has 94 valence electrons. The zero-order chi connectivity index (χ0) is 13.0. The second-order valence-electron chi connectivity index (χ2n) is 4.80. The third-order valence-corrected chi connectivity index (χ3v) is 3.01. The maximum atomic E-state index is 9.20. The molecule has 2 aromatic rings. The van der Waals surface area contributed by atoms with Gasteiger partial charge in [0.25, 0.3) is 0 Å². The van der Waals surface area contributed by atoms with Crippen LogP contribution in [0, 0.1) is 0 Å². The molecule has 0 atom stereocenters. The fourth-order valence-electron chi connectivity index (χ4n) is 1.80. The molecule has 0 amide bonds. The molecule has 0 aliphatic carbocycles. The topological polar surface area (TPSA) is 32.3 Å². The molecule has 18 heavy (non-hydrogen) atoms. The summed E-state index contributed by atoms with van der Waals surface area (Å²) in [6.45, 7) is 5.19. The zero-order valence-electron chi connectivity index (χ0n) is 10.9. The van der Waals surface area contributed by atoms with E-state index >= 15 is 0 Å². The SMILES string of the molecule is CC(C)c1ccc(CNc2ccc(O)cc2)cc1. The van der Waals surface area contributed by atoms with Crippen LogP contribution in [0.25, 0.3) is 0 Å². The van der Waals surface area contributed by atoms with E-state index in [1.54, 1.807) is 12.1 Å². The molecule has 2 rings (SSSR count). The molecule has 0 fully saturated rings. The van der Waals surface area contributed by atoms with Crippen molar-refractivity contribution < 1.29 is 5.11 Å². The number of hydrogen-bond donors (Lipinski definition) is 2. The molecule has 0 saturated carbocycles. The first-order valence-electron chi connectivity index (χ1n) is 6.27. The van der Waals surface area contributed by atoms with Crippen LogP contribution in [-0.4, -0.2) is 5.11 Å². The predicted molar refractivity (Wildman–Crippen MR) is 76.0 cm³/mol. The molecule has 0 heterocycles. The first-order chi connectivity index (χ1) is 8.65. The fourth-order valence-corrected chi connectivity index (χ4v) is 1.80. The number of nitrogens with one attached hydrogen (secondary N) is 1. The Hall–Kier alpha value is -1.96. The highest BCUT2D eigenvalue weighted by molar-refractivity contribution is 5.46. The Balaban J connectivity index is 1.95. The third-order valence-electron chi connectivity index (χ3n) is 3.01. The monoisotopic (exact) mass is 241 g/mol. The van der Waals surface area contributed by atoms with Crippen molar-refractivity contribution in [1.82, 2.24) is 0 Å². The molecule has 0 saturated heterocycles. The van der Waals surface area contributed by atoms with Crippen LogP contribution >= 0.6 is 0 Å². The summed E-state index contributed by atoms with van der Waals surface area (Å²) in [6.07, 6.45) is 0. The number of aromatic hydroxyl groups is 1. The maximum Gasteiger partial charge on any atom is 0.115 e. The van der Waals surface area contributed by atoms with Crippen LogP contribution in [0.3, 0.4) is 0 Å². The number of hydrogen-bond acceptors (Lipinski definition) is 2. The van der Waals surface area contributed by atoms with E-state index in [1.165, 1.54) is 11.1 Å². The molecule has 2 aromatic carbocycles. The van der Waals surface area contributed by atoms with Crippen LogP contribution in [0.2, 0.25) is 0 Å². The van der Waals surface area contributed by atoms with Crippen LogP contribution in [0.4, 0.5) is 5.69 Å². The molecule has 0 unspecified atom stereocenters. The van der Waals surface area contributed by atoms with Gasteiger partial charge < -0.3 is 10.4 Å². The minimum atomic E-state index is 0.293. The van der Waals surface area contributed by atoms with Crippen molar-refractivity contribution >= 4 is 5.69 Å². The lowest BCUT2D eigenvalue weighted by Gasteiger charge is -2.09. The summed E-state index contributed by atoms with van der Waals surface area (Å²) in [5.74, 6) is 0.867. The van der Waals surface area contributed by atoms with E-state index in [0.29, 0.717) is 11.7 Å². The Kier molecular flexibility index (Phi) is 3.88. The third kappa shape index (κ3) is 3.27. The minimum Gasteiger partial charge on any atom is -0.508 e. The Morgan fingerprint density at radius 3 is 2.11 bits per heavy atom. The van der Waals surface area contributed by atoms with Gasteiger partial charge >= 0.3 is 0 Å². The van der Waals surface area contributed by atoms with E-state index in [2.05, 4.69) is 43.4 Å². The number of phenolic OH excluding ortho intramolecular Hbond substituents is 1. The average Bonchev–Trinajstić information content (AvgIpc) is 2.38. The van der Waals surface area contributed by atoms with Crippen LogP contribution in [0.15, 0.2) is 48.5 Å². The molecule has 2 heteroatoms. The molecule has 0 radical (unpaired) electrons. The number of rotatable bonds is 4. The van der Waals surface area contributed by atoms with Gasteiger partial charge in [0, 0.05) is 12.2 Å². The molecular formula is C16H19NO. The highest BCUT2D eigenvalue weighted by atomic mass is 16.3. The van der Waals surface area contributed by atoms with Gasteiger partial charge in [-0.25, -0.2) is 0 Å². The molecule has 0 spiro atoms. The Bertz CT molecular complexity index is 486. The van der Waals surface area contributed by atoms with E-state index in [-0.39, 0.29) is 0 Å². The van der Waals surface area contributed by atoms with Crippen molar-refractivity contribution in [1.29, 1.82) is 0 Å². The lowest BCUT2D eigenvalue weighted by Crippen LogP contribution is -1.99. The number of anilines is 1. The van der Waals surface area contributed by atoms with Crippen molar-refractivity contribution in [2.24, 2.45) is 0 Å². The Morgan fingerprint density at radius 1 is 0.944 bits per heavy atom. The number of phenols is 1. The summed E-state index contributed by atoms with van der Waals surface area (Å²) in [5, 5.41) is 12.5. The summed E-state index contributed by atoms with van der Waals surface area (Å²) in [4.78, 5) is 0. The molecule has 2 nitrogen and oxygen atoms in total. The molecule has 0 aromatic heterocycles. The van der Waals surface area contributed by atoms with Crippen molar-refractivity contribution in [3.05, 3.63) is 59.7 Å². The first kappa shape index (κ1) is 12.5. The fraction of sp³-hybridized carbons (Fsp3) is 0.250. The Morgan fingerprint density at radius 2 is 1.56 bits per heavy atom. The van der Waals surface area contributed by atoms with Crippen LogP contribution in [-0.2, 0) is 6.54 Å². The summed E-state index contributed by atoms with van der Waals surface area (Å²) >= 11 is 0. The van der Waals surface area contributed by atoms with E-state index in [4.69, 9.17) is 0 Å². The largest absolute Gasteiger partial charge is 0.508 e. The summed E-state index contributed by atoms with van der Waals surface area (Å²) in [6, 6.07) is 15.8. The normalized spacial score (nSPS) is 10.6. The summed E-state index contributed by atoms with van der Waals surface area (Å²) in [5.41, 5.74) is 3.64. The molecule has 0 aliphatic heterocycles. The van der Waals surface area contributed by atoms with Crippen molar-refractivity contribution in [2.45, 2.75) is 26.3 Å². The van der Waals surface area contributed by atoms with Gasteiger partial charge in [-0.1, -0.05) is 38.1 Å². The van der Waals surface area contributed by atoms with E-state index < -0.39 is 0 Å². The van der Waals surface area contributed by atoms with E-state index in [9.17, 15) is 5.11 Å². The van der Waals surface area contributed by atoms with Gasteiger partial charge in [0.1, 0.15) is 5.75 Å². The summed E-state index contributed by atoms with van der Waals surface area (Å²) < 4.78 is 0. The zero-order valence-corrected chi connectivity index (χ0v) is 10.9. The van der Waals surface area contributed by atoms with Crippen molar-refractivity contribution in [2.75, 3.05) is 5.32 Å². The van der Waals surface area contributed by atoms with Gasteiger partial charge in [-0.2, -0.15) is 0 Å². The maximum absolute atomic E-state index is 9.20. The molecule has 0 aliphatic rings. The first-order valence-corrected chi connectivity index (χ1v) is 6.27. The van der Waals surface area contributed by atoms with Crippen molar-refractivity contribution in [3.63, 3.8) is 0 Å². The van der Waals surface area contributed by atoms with Crippen LogP contribution in [0.1, 0.15) is 30.9 Å². The smallest absolute Gasteiger partial charge is 0.115 e. The van der Waals surface area contributed by atoms with Gasteiger partial charge in [0.15, 0.2) is 0 Å². The predicted octanol–water partition coefficient (Wildman–Crippen LogP) is 4.13. The van der Waals surface area contributed by atoms with Crippen LogP contribution in [0.5, 0.6) is 5.75 Å². The second kappa shape index (κ2) is 5.58. The lowest BCUT2D eigenvalue weighted by atomic mass is 10.0. The molecular weight excluding hydrogens is 222 g/mol. The van der Waals surface area contributed by atoms with E-state index in [0.717, 1.165) is 12.2 Å². The Labute approximate surface area is 108 Å². The van der Waals surface area contributed by atoms with Crippen molar-refractivity contribution in [3.8, 4) is 5.75 Å². The van der Waals surface area contributed by atoms with Gasteiger partial charge in [-0.05, 0) is 41.3 Å². The quantitative estimate of drug-likeness (QED) is 0.789. The van der Waals surface area contributed by atoms with Crippen LogP contribution < -0.4 is 5.32 Å². The summed E-state index contributed by atoms with van der Waals surface area (Å²) in [7, 11) is 0. The van der Waals surface area contributed by atoms with Gasteiger partial charge in [-0.3, -0.25) is 0 Å². The highest BCUT2D eigenvalue weighted by Crippen LogP contribution is 2.17. The minimum absolute atomic E-state index is 0.293. The standard InChI is InChI=1S/C16H19NO/c1-12(2)14-5-3-13(4-6-14)11-17-15-7-9-16(18)10-8-15/h3-10,12,17-18H,11H2,1-2H3. The number of benzene rings is 2. The van der Waals surface area contributed by atoms with Gasteiger partial charge in [-0.15, -0.1) is 0 Å². The van der Waals surface area contributed by atoms with E-state index in [1.807, 2.05) is 12.1 Å². The average molecular weight is 241 g/mol. The second-order valence-corrected chi connectivity index (χ2v) is 4.80. The lowest BCUT2D eigenvalue weighted by molar-refractivity contribution is 0.475. The van der Waals surface area contributed by atoms with Gasteiger partial charge in [0.2, 0.25) is 0 Å².